The van der Waals surface area contributed by atoms with E-state index in [1.807, 2.05) is 30.3 Å². The van der Waals surface area contributed by atoms with Crippen LogP contribution in [0.3, 0.4) is 0 Å². The molecule has 0 bridgehead atoms. The lowest BCUT2D eigenvalue weighted by Gasteiger charge is -2.06. The lowest BCUT2D eigenvalue weighted by molar-refractivity contribution is 0.308. The van der Waals surface area contributed by atoms with Crippen LogP contribution >= 0.6 is 11.3 Å². The molecule has 0 unspecified atom stereocenters. The van der Waals surface area contributed by atoms with Crippen LogP contribution in [0.4, 0.5) is 5.69 Å². The first-order valence-electron chi connectivity index (χ1n) is 6.17. The normalized spacial score (nSPS) is 10.8. The van der Waals surface area contributed by atoms with Gasteiger partial charge in [-0.2, -0.15) is 0 Å². The van der Waals surface area contributed by atoms with E-state index in [1.54, 1.807) is 11.3 Å². The fourth-order valence-electron chi connectivity index (χ4n) is 2.08. The van der Waals surface area contributed by atoms with E-state index in [1.165, 1.54) is 21.2 Å². The molecule has 0 atom stereocenters. The molecule has 2 N–H and O–H groups in total. The Balaban J connectivity index is 1.82. The second-order valence-corrected chi connectivity index (χ2v) is 5.53. The van der Waals surface area contributed by atoms with Crippen LogP contribution in [-0.2, 0) is 6.61 Å². The predicted molar refractivity (Wildman–Crippen MR) is 81.7 cm³/mol. The molecular weight excluding hydrogens is 254 g/mol. The molecule has 0 aliphatic rings. The molecule has 3 aromatic rings. The number of aryl methyl sites for hydroxylation is 1. The number of thiophene rings is 1. The molecule has 0 aliphatic carbocycles. The summed E-state index contributed by atoms with van der Waals surface area (Å²) >= 11 is 1.71. The fourth-order valence-corrected chi connectivity index (χ4v) is 3.07. The van der Waals surface area contributed by atoms with E-state index in [0.29, 0.717) is 6.61 Å². The van der Waals surface area contributed by atoms with Crippen LogP contribution < -0.4 is 10.5 Å². The van der Waals surface area contributed by atoms with Gasteiger partial charge in [-0.05, 0) is 47.5 Å². The van der Waals surface area contributed by atoms with Gasteiger partial charge in [-0.3, -0.25) is 0 Å². The van der Waals surface area contributed by atoms with Crippen LogP contribution in [-0.4, -0.2) is 0 Å². The summed E-state index contributed by atoms with van der Waals surface area (Å²) in [4.78, 5) is 0. The van der Waals surface area contributed by atoms with Crippen molar-refractivity contribution in [1.82, 2.24) is 0 Å². The van der Waals surface area contributed by atoms with E-state index in [2.05, 4.69) is 24.4 Å². The first kappa shape index (κ1) is 12.1. The second kappa shape index (κ2) is 4.94. The van der Waals surface area contributed by atoms with Crippen molar-refractivity contribution >= 4 is 27.1 Å². The van der Waals surface area contributed by atoms with E-state index < -0.39 is 0 Å². The van der Waals surface area contributed by atoms with E-state index in [0.717, 1.165) is 11.4 Å². The zero-order valence-electron chi connectivity index (χ0n) is 10.7. The van der Waals surface area contributed by atoms with E-state index in [4.69, 9.17) is 10.5 Å². The van der Waals surface area contributed by atoms with Crippen LogP contribution in [0.5, 0.6) is 5.75 Å². The molecule has 3 heteroatoms. The molecule has 3 rings (SSSR count). The Kier molecular flexibility index (Phi) is 3.13. The molecule has 0 amide bonds. The van der Waals surface area contributed by atoms with Crippen molar-refractivity contribution in [3.63, 3.8) is 0 Å². The van der Waals surface area contributed by atoms with Gasteiger partial charge in [0.25, 0.3) is 0 Å². The van der Waals surface area contributed by atoms with Crippen LogP contribution in [0, 0.1) is 6.92 Å². The lowest BCUT2D eigenvalue weighted by atomic mass is 10.2. The van der Waals surface area contributed by atoms with E-state index in [9.17, 15) is 0 Å². The number of nitrogen functional groups attached to an aromatic ring is 1. The summed E-state index contributed by atoms with van der Waals surface area (Å²) in [6.07, 6.45) is 0. The van der Waals surface area contributed by atoms with Crippen molar-refractivity contribution < 1.29 is 4.74 Å². The molecule has 1 heterocycles. The van der Waals surface area contributed by atoms with Crippen molar-refractivity contribution in [1.29, 1.82) is 0 Å². The molecule has 96 valence electrons. The monoisotopic (exact) mass is 269 g/mol. The molecule has 19 heavy (non-hydrogen) atoms. The Morgan fingerprint density at radius 2 is 2.05 bits per heavy atom. The summed E-state index contributed by atoms with van der Waals surface area (Å²) in [6, 6.07) is 14.1. The van der Waals surface area contributed by atoms with Crippen molar-refractivity contribution in [3.05, 3.63) is 59.0 Å². The van der Waals surface area contributed by atoms with Gasteiger partial charge in [-0.25, -0.2) is 0 Å². The molecule has 0 radical (unpaired) electrons. The predicted octanol–water partition coefficient (Wildman–Crippen LogP) is 4.37. The topological polar surface area (TPSA) is 35.2 Å². The third-order valence-electron chi connectivity index (χ3n) is 3.06. The maximum atomic E-state index is 5.84. The van der Waals surface area contributed by atoms with E-state index >= 15 is 0 Å². The maximum absolute atomic E-state index is 5.84. The number of hydrogen-bond acceptors (Lipinski definition) is 3. The first-order chi connectivity index (χ1) is 9.22. The summed E-state index contributed by atoms with van der Waals surface area (Å²) < 4.78 is 7.06. The fraction of sp³-hybridized carbons (Fsp3) is 0.125. The second-order valence-electron chi connectivity index (χ2n) is 4.62. The van der Waals surface area contributed by atoms with Gasteiger partial charge in [0, 0.05) is 16.0 Å². The van der Waals surface area contributed by atoms with Gasteiger partial charge >= 0.3 is 0 Å². The average Bonchev–Trinajstić information content (AvgIpc) is 2.78. The highest BCUT2D eigenvalue weighted by Crippen LogP contribution is 2.28. The Labute approximate surface area is 116 Å². The minimum atomic E-state index is 0.591. The van der Waals surface area contributed by atoms with Gasteiger partial charge in [0.2, 0.25) is 0 Å². The number of fused-ring (bicyclic) bond motifs is 1. The van der Waals surface area contributed by atoms with Crippen LogP contribution in [0.1, 0.15) is 11.1 Å². The standard InChI is InChI=1S/C16H15NOS/c1-11-3-2-4-14(7-11)18-9-12-10-19-16-8-13(17)5-6-15(12)16/h2-8,10H,9,17H2,1H3. The smallest absolute Gasteiger partial charge is 0.120 e. The third kappa shape index (κ3) is 2.56. The van der Waals surface area contributed by atoms with Gasteiger partial charge in [0.05, 0.1) is 0 Å². The summed E-state index contributed by atoms with van der Waals surface area (Å²) in [6.45, 7) is 2.66. The van der Waals surface area contributed by atoms with Crippen molar-refractivity contribution in [2.24, 2.45) is 0 Å². The molecule has 2 nitrogen and oxygen atoms in total. The van der Waals surface area contributed by atoms with Crippen LogP contribution in [0.2, 0.25) is 0 Å². The van der Waals surface area contributed by atoms with Crippen LogP contribution in [0.15, 0.2) is 47.8 Å². The number of benzene rings is 2. The summed E-state index contributed by atoms with van der Waals surface area (Å²) in [7, 11) is 0. The summed E-state index contributed by atoms with van der Waals surface area (Å²) in [5.74, 6) is 0.912. The molecule has 0 fully saturated rings. The molecular formula is C16H15NOS. The lowest BCUT2D eigenvalue weighted by Crippen LogP contribution is -1.94. The molecule has 0 spiro atoms. The summed E-state index contributed by atoms with van der Waals surface area (Å²) in [5, 5.41) is 3.37. The number of hydrogen-bond donors (Lipinski definition) is 1. The molecule has 0 aliphatic heterocycles. The Morgan fingerprint density at radius 3 is 2.89 bits per heavy atom. The van der Waals surface area contributed by atoms with Crippen LogP contribution in [0.25, 0.3) is 10.1 Å². The highest BCUT2D eigenvalue weighted by atomic mass is 32.1. The zero-order chi connectivity index (χ0) is 13.2. The molecule has 2 aromatic carbocycles. The van der Waals surface area contributed by atoms with Crippen molar-refractivity contribution in [2.75, 3.05) is 5.73 Å². The Morgan fingerprint density at radius 1 is 1.16 bits per heavy atom. The Hall–Kier alpha value is -2.00. The highest BCUT2D eigenvalue weighted by molar-refractivity contribution is 7.17. The number of ether oxygens (including phenoxy) is 1. The minimum absolute atomic E-state index is 0.591. The maximum Gasteiger partial charge on any atom is 0.120 e. The number of anilines is 1. The van der Waals surface area contributed by atoms with Gasteiger partial charge < -0.3 is 10.5 Å². The van der Waals surface area contributed by atoms with Crippen molar-refractivity contribution in [2.45, 2.75) is 13.5 Å². The quantitative estimate of drug-likeness (QED) is 0.716. The first-order valence-corrected chi connectivity index (χ1v) is 7.05. The van der Waals surface area contributed by atoms with E-state index in [-0.39, 0.29) is 0 Å². The van der Waals surface area contributed by atoms with Gasteiger partial charge in [0.15, 0.2) is 0 Å². The summed E-state index contributed by atoms with van der Waals surface area (Å²) in [5.41, 5.74) is 9.01. The largest absolute Gasteiger partial charge is 0.489 e. The molecule has 0 saturated carbocycles. The number of rotatable bonds is 3. The molecule has 1 aromatic heterocycles. The van der Waals surface area contributed by atoms with Gasteiger partial charge in [0.1, 0.15) is 12.4 Å². The SMILES string of the molecule is Cc1cccc(OCc2csc3cc(N)ccc23)c1. The third-order valence-corrected chi connectivity index (χ3v) is 4.06. The minimum Gasteiger partial charge on any atom is -0.489 e. The molecule has 0 saturated heterocycles. The van der Waals surface area contributed by atoms with Gasteiger partial charge in [-0.15, -0.1) is 11.3 Å². The van der Waals surface area contributed by atoms with Gasteiger partial charge in [-0.1, -0.05) is 18.2 Å². The number of nitrogens with two attached hydrogens (primary N) is 1. The average molecular weight is 269 g/mol. The zero-order valence-corrected chi connectivity index (χ0v) is 11.5. The highest BCUT2D eigenvalue weighted by Gasteiger charge is 2.05. The Bertz CT molecular complexity index is 718. The van der Waals surface area contributed by atoms with Crippen molar-refractivity contribution in [3.8, 4) is 5.75 Å².